The molecule has 0 saturated heterocycles. The first-order valence-corrected chi connectivity index (χ1v) is 12.6. The predicted molar refractivity (Wildman–Crippen MR) is 148 cm³/mol. The number of rotatable bonds is 9. The van der Waals surface area contributed by atoms with E-state index in [1.807, 2.05) is 71.9 Å². The highest BCUT2D eigenvalue weighted by atomic mass is 16.6. The lowest BCUT2D eigenvalue weighted by Gasteiger charge is -2.34. The highest BCUT2D eigenvalue weighted by molar-refractivity contribution is 6.07. The maximum Gasteiger partial charge on any atom is 0.414 e. The molecule has 2 heterocycles. The molecule has 8 heteroatoms. The highest BCUT2D eigenvalue weighted by Gasteiger charge is 2.29. The number of ether oxygens (including phenoxy) is 1. The molecule has 1 N–H and O–H groups in total. The van der Waals surface area contributed by atoms with Crippen LogP contribution in [0.1, 0.15) is 56.4 Å². The Labute approximate surface area is 219 Å². The van der Waals surface area contributed by atoms with Gasteiger partial charge in [-0.05, 0) is 90.1 Å². The van der Waals surface area contributed by atoms with E-state index in [1.54, 1.807) is 35.4 Å². The van der Waals surface area contributed by atoms with Crippen LogP contribution in [-0.2, 0) is 11.2 Å². The first-order valence-electron chi connectivity index (χ1n) is 12.6. The molecule has 8 nitrogen and oxygen atoms in total. The molecule has 0 unspecified atom stereocenters. The fourth-order valence-electron chi connectivity index (χ4n) is 4.00. The third-order valence-electron chi connectivity index (χ3n) is 5.87. The van der Waals surface area contributed by atoms with Crippen molar-refractivity contribution in [1.29, 1.82) is 0 Å². The van der Waals surface area contributed by atoms with E-state index in [0.717, 1.165) is 24.5 Å². The third-order valence-corrected chi connectivity index (χ3v) is 5.87. The predicted octanol–water partition coefficient (Wildman–Crippen LogP) is 5.87. The van der Waals surface area contributed by atoms with E-state index in [4.69, 9.17) is 4.74 Å². The van der Waals surface area contributed by atoms with Crippen molar-refractivity contribution >= 4 is 29.2 Å². The Bertz CT molecular complexity index is 1190. The molecule has 1 aromatic carbocycles. The summed E-state index contributed by atoms with van der Waals surface area (Å²) in [6, 6.07) is 16.5. The molecule has 0 radical (unpaired) electrons. The van der Waals surface area contributed by atoms with Gasteiger partial charge in [0.25, 0.3) is 5.91 Å². The summed E-state index contributed by atoms with van der Waals surface area (Å²) in [5.74, 6) is 0.440. The molecule has 2 aromatic heterocycles. The summed E-state index contributed by atoms with van der Waals surface area (Å²) in [7, 11) is 0. The number of carbonyl (C=O) groups is 2. The second kappa shape index (κ2) is 12.3. The van der Waals surface area contributed by atoms with Gasteiger partial charge in [-0.3, -0.25) is 14.7 Å². The molecule has 0 atom stereocenters. The zero-order chi connectivity index (χ0) is 27.0. The molecule has 0 bridgehead atoms. The molecule has 0 aliphatic rings. The molecule has 0 saturated carbocycles. The van der Waals surface area contributed by atoms with Crippen LogP contribution in [0.3, 0.4) is 0 Å². The van der Waals surface area contributed by atoms with Gasteiger partial charge < -0.3 is 15.0 Å². The number of nitrogens with zero attached hydrogens (tertiary/aromatic N) is 4. The summed E-state index contributed by atoms with van der Waals surface area (Å²) in [5.41, 5.74) is 3.03. The molecule has 3 rings (SSSR count). The summed E-state index contributed by atoms with van der Waals surface area (Å²) >= 11 is 0. The Morgan fingerprint density at radius 3 is 2.27 bits per heavy atom. The van der Waals surface area contributed by atoms with Crippen molar-refractivity contribution in [2.24, 2.45) is 0 Å². The largest absolute Gasteiger partial charge is 0.449 e. The van der Waals surface area contributed by atoms with Crippen molar-refractivity contribution in [3.8, 4) is 0 Å². The standard InChI is InChI=1S/C29H37N5O3/c1-7-33(8-2)26-25(17-12-21(3)31-26)27(35)32-23-13-15-24(16-14-23)34(29(4,5)6)28(36)37-20-18-22-11-9-10-19-30-22/h9-17,19H,7-8,18,20H2,1-6H3,(H,32,35). The minimum atomic E-state index is -0.515. The first-order chi connectivity index (χ1) is 17.6. The van der Waals surface area contributed by atoms with Crippen molar-refractivity contribution in [3.05, 3.63) is 77.7 Å². The lowest BCUT2D eigenvalue weighted by atomic mass is 10.1. The van der Waals surface area contributed by atoms with E-state index >= 15 is 0 Å². The Kier molecular flexibility index (Phi) is 9.22. The van der Waals surface area contributed by atoms with Gasteiger partial charge in [-0.15, -0.1) is 0 Å². The van der Waals surface area contributed by atoms with E-state index < -0.39 is 11.6 Å². The fraction of sp³-hybridized carbons (Fsp3) is 0.379. The van der Waals surface area contributed by atoms with Crippen molar-refractivity contribution in [2.45, 2.75) is 53.5 Å². The van der Waals surface area contributed by atoms with E-state index in [9.17, 15) is 9.59 Å². The number of pyridine rings is 2. The van der Waals surface area contributed by atoms with E-state index in [-0.39, 0.29) is 12.5 Å². The topological polar surface area (TPSA) is 87.7 Å². The lowest BCUT2D eigenvalue weighted by Crippen LogP contribution is -2.46. The summed E-state index contributed by atoms with van der Waals surface area (Å²) in [5, 5.41) is 2.96. The number of hydrogen-bond acceptors (Lipinski definition) is 6. The molecule has 0 aliphatic heterocycles. The third kappa shape index (κ3) is 7.29. The molecular weight excluding hydrogens is 466 g/mol. The van der Waals surface area contributed by atoms with Crippen molar-refractivity contribution < 1.29 is 14.3 Å². The van der Waals surface area contributed by atoms with Crippen molar-refractivity contribution in [3.63, 3.8) is 0 Å². The maximum atomic E-state index is 13.1. The van der Waals surface area contributed by atoms with Crippen molar-refractivity contribution in [1.82, 2.24) is 9.97 Å². The summed E-state index contributed by atoms with van der Waals surface area (Å²) in [6.07, 6.45) is 1.83. The van der Waals surface area contributed by atoms with Gasteiger partial charge in [0, 0.05) is 54.0 Å². The number of aryl methyl sites for hydroxylation is 1. The second-order valence-electron chi connectivity index (χ2n) is 9.69. The Balaban J connectivity index is 1.73. The summed E-state index contributed by atoms with van der Waals surface area (Å²) < 4.78 is 5.57. The van der Waals surface area contributed by atoms with Gasteiger partial charge >= 0.3 is 6.09 Å². The zero-order valence-corrected chi connectivity index (χ0v) is 22.6. The molecule has 0 aliphatic carbocycles. The van der Waals surface area contributed by atoms with E-state index in [0.29, 0.717) is 29.2 Å². The molecule has 0 fully saturated rings. The first kappa shape index (κ1) is 27.6. The Morgan fingerprint density at radius 2 is 1.68 bits per heavy atom. The Hall–Kier alpha value is -3.94. The van der Waals surface area contributed by atoms with Gasteiger partial charge in [0.1, 0.15) is 5.82 Å². The molecular formula is C29H37N5O3. The van der Waals surface area contributed by atoms with Gasteiger partial charge in [-0.25, -0.2) is 9.78 Å². The van der Waals surface area contributed by atoms with Gasteiger partial charge in [0.05, 0.1) is 12.2 Å². The Morgan fingerprint density at radius 1 is 0.973 bits per heavy atom. The molecule has 3 aromatic rings. The van der Waals surface area contributed by atoms with Crippen LogP contribution in [-0.4, -0.2) is 47.2 Å². The van der Waals surface area contributed by atoms with Crippen LogP contribution in [0.2, 0.25) is 0 Å². The van der Waals surface area contributed by atoms with E-state index in [1.165, 1.54) is 0 Å². The van der Waals surface area contributed by atoms with Gasteiger partial charge in [0.15, 0.2) is 0 Å². The van der Waals surface area contributed by atoms with Crippen LogP contribution in [0, 0.1) is 6.92 Å². The number of carbonyl (C=O) groups excluding carboxylic acids is 2. The van der Waals surface area contributed by atoms with Gasteiger partial charge in [-0.1, -0.05) is 6.07 Å². The normalized spacial score (nSPS) is 11.1. The number of amides is 2. The molecule has 196 valence electrons. The number of aromatic nitrogens is 2. The highest BCUT2D eigenvalue weighted by Crippen LogP contribution is 2.27. The van der Waals surface area contributed by atoms with Gasteiger partial charge in [0.2, 0.25) is 0 Å². The van der Waals surface area contributed by atoms with Crippen LogP contribution in [0.4, 0.5) is 22.0 Å². The molecule has 2 amide bonds. The zero-order valence-electron chi connectivity index (χ0n) is 22.6. The number of nitrogens with one attached hydrogen (secondary N) is 1. The SMILES string of the molecule is CCN(CC)c1nc(C)ccc1C(=O)Nc1ccc(N(C(=O)OCCc2ccccn2)C(C)(C)C)cc1. The number of hydrogen-bond donors (Lipinski definition) is 1. The number of benzene rings is 1. The van der Waals surface area contributed by atoms with Crippen LogP contribution < -0.4 is 15.1 Å². The second-order valence-corrected chi connectivity index (χ2v) is 9.69. The van der Waals surface area contributed by atoms with Crippen molar-refractivity contribution in [2.75, 3.05) is 34.8 Å². The molecule has 0 spiro atoms. The molecule has 37 heavy (non-hydrogen) atoms. The average Bonchev–Trinajstić information content (AvgIpc) is 2.86. The van der Waals surface area contributed by atoms with Gasteiger partial charge in [-0.2, -0.15) is 0 Å². The smallest absolute Gasteiger partial charge is 0.414 e. The monoisotopic (exact) mass is 503 g/mol. The van der Waals surface area contributed by atoms with Crippen LogP contribution >= 0.6 is 0 Å². The van der Waals surface area contributed by atoms with Crippen LogP contribution in [0.15, 0.2) is 60.8 Å². The number of anilines is 3. The summed E-state index contributed by atoms with van der Waals surface area (Å²) in [6.45, 7) is 13.6. The minimum absolute atomic E-state index is 0.232. The summed E-state index contributed by atoms with van der Waals surface area (Å²) in [4.78, 5) is 38.7. The quantitative estimate of drug-likeness (QED) is 0.393. The maximum absolute atomic E-state index is 13.1. The van der Waals surface area contributed by atoms with Crippen LogP contribution in [0.5, 0.6) is 0 Å². The lowest BCUT2D eigenvalue weighted by molar-refractivity contribution is 0.102. The average molecular weight is 504 g/mol. The van der Waals surface area contributed by atoms with Crippen LogP contribution in [0.25, 0.3) is 0 Å². The minimum Gasteiger partial charge on any atom is -0.449 e. The fourth-order valence-corrected chi connectivity index (χ4v) is 4.00. The van der Waals surface area contributed by atoms with E-state index in [2.05, 4.69) is 20.2 Å².